The number of carbonyl (C=O) groups is 1. The summed E-state index contributed by atoms with van der Waals surface area (Å²) in [4.78, 5) is 12.1. The van der Waals surface area contributed by atoms with Crippen LogP contribution in [0.25, 0.3) is 0 Å². The van der Waals surface area contributed by atoms with Crippen LogP contribution >= 0.6 is 0 Å². The number of aryl methyl sites for hydroxylation is 1. The summed E-state index contributed by atoms with van der Waals surface area (Å²) in [6, 6.07) is 13.2. The topological polar surface area (TPSA) is 59.9 Å². The average Bonchev–Trinajstić information content (AvgIpc) is 2.63. The minimum absolute atomic E-state index is 0.305. The Labute approximate surface area is 155 Å². The Kier molecular flexibility index (Phi) is 6.78. The van der Waals surface area contributed by atoms with Crippen molar-refractivity contribution in [2.24, 2.45) is 5.10 Å². The van der Waals surface area contributed by atoms with Crippen molar-refractivity contribution in [1.82, 2.24) is 5.43 Å². The standard InChI is InChI=1S/C21H26N2O3/c1-14(2)19-12-17(15(3)11-20(19)25-5)13-22-23-21(24)16(4)26-18-9-7-6-8-10-18/h6-14,16H,1-5H3,(H,23,24)/b22-13+/t16-/m1/s1. The number of carbonyl (C=O) groups excluding carboxylic acids is 1. The molecule has 2 aromatic rings. The first-order valence-corrected chi connectivity index (χ1v) is 8.65. The van der Waals surface area contributed by atoms with Crippen LogP contribution in [0.15, 0.2) is 47.6 Å². The highest BCUT2D eigenvalue weighted by Crippen LogP contribution is 2.29. The van der Waals surface area contributed by atoms with Crippen molar-refractivity contribution in [3.63, 3.8) is 0 Å². The lowest BCUT2D eigenvalue weighted by Gasteiger charge is -2.14. The lowest BCUT2D eigenvalue weighted by Crippen LogP contribution is -2.33. The Morgan fingerprint density at radius 3 is 2.46 bits per heavy atom. The second-order valence-electron chi connectivity index (χ2n) is 6.41. The van der Waals surface area contributed by atoms with E-state index in [9.17, 15) is 4.79 Å². The summed E-state index contributed by atoms with van der Waals surface area (Å²) in [5.74, 6) is 1.53. The smallest absolute Gasteiger partial charge is 0.280 e. The van der Waals surface area contributed by atoms with Crippen LogP contribution in [-0.4, -0.2) is 25.3 Å². The molecule has 1 amide bonds. The molecule has 0 aliphatic carbocycles. The minimum atomic E-state index is -0.641. The van der Waals surface area contributed by atoms with Gasteiger partial charge in [0.25, 0.3) is 5.91 Å². The minimum Gasteiger partial charge on any atom is -0.496 e. The molecule has 1 atom stereocenters. The summed E-state index contributed by atoms with van der Waals surface area (Å²) >= 11 is 0. The van der Waals surface area contributed by atoms with E-state index >= 15 is 0 Å². The van der Waals surface area contributed by atoms with Gasteiger partial charge in [0.1, 0.15) is 11.5 Å². The molecule has 0 bridgehead atoms. The zero-order chi connectivity index (χ0) is 19.1. The van der Waals surface area contributed by atoms with Gasteiger partial charge in [0.2, 0.25) is 0 Å². The lowest BCUT2D eigenvalue weighted by molar-refractivity contribution is -0.127. The third-order valence-electron chi connectivity index (χ3n) is 4.04. The highest BCUT2D eigenvalue weighted by atomic mass is 16.5. The van der Waals surface area contributed by atoms with Gasteiger partial charge in [0.15, 0.2) is 6.10 Å². The first kappa shape index (κ1) is 19.5. The molecule has 0 saturated carbocycles. The molecule has 0 aromatic heterocycles. The largest absolute Gasteiger partial charge is 0.496 e. The molecule has 0 spiro atoms. The van der Waals surface area contributed by atoms with Crippen LogP contribution < -0.4 is 14.9 Å². The number of benzene rings is 2. The van der Waals surface area contributed by atoms with Crippen LogP contribution in [-0.2, 0) is 4.79 Å². The van der Waals surface area contributed by atoms with Gasteiger partial charge in [-0.15, -0.1) is 0 Å². The maximum absolute atomic E-state index is 12.1. The van der Waals surface area contributed by atoms with Crippen molar-refractivity contribution in [2.75, 3.05) is 7.11 Å². The van der Waals surface area contributed by atoms with Gasteiger partial charge in [-0.2, -0.15) is 5.10 Å². The summed E-state index contributed by atoms with van der Waals surface area (Å²) in [6.45, 7) is 7.89. The summed E-state index contributed by atoms with van der Waals surface area (Å²) < 4.78 is 11.0. The van der Waals surface area contributed by atoms with Gasteiger partial charge >= 0.3 is 0 Å². The van der Waals surface area contributed by atoms with Gasteiger partial charge in [-0.05, 0) is 60.7 Å². The average molecular weight is 354 g/mol. The van der Waals surface area contributed by atoms with E-state index in [1.807, 2.05) is 37.3 Å². The predicted molar refractivity (Wildman–Crippen MR) is 104 cm³/mol. The Hall–Kier alpha value is -2.82. The number of amides is 1. The quantitative estimate of drug-likeness (QED) is 0.603. The number of ether oxygens (including phenoxy) is 2. The van der Waals surface area contributed by atoms with Crippen LogP contribution in [0.4, 0.5) is 0 Å². The van der Waals surface area contributed by atoms with Gasteiger partial charge in [-0.1, -0.05) is 32.0 Å². The number of rotatable bonds is 7. The van der Waals surface area contributed by atoms with Gasteiger partial charge < -0.3 is 9.47 Å². The molecule has 5 nitrogen and oxygen atoms in total. The molecule has 2 rings (SSSR count). The molecule has 0 radical (unpaired) electrons. The third-order valence-corrected chi connectivity index (χ3v) is 4.04. The Morgan fingerprint density at radius 1 is 1.15 bits per heavy atom. The molecule has 0 saturated heterocycles. The monoisotopic (exact) mass is 354 g/mol. The van der Waals surface area contributed by atoms with Crippen LogP contribution in [0.5, 0.6) is 11.5 Å². The highest BCUT2D eigenvalue weighted by Gasteiger charge is 2.14. The van der Waals surface area contributed by atoms with Gasteiger partial charge in [-0.25, -0.2) is 5.43 Å². The molecule has 0 fully saturated rings. The maximum atomic E-state index is 12.1. The fourth-order valence-corrected chi connectivity index (χ4v) is 2.50. The van der Waals surface area contributed by atoms with E-state index < -0.39 is 6.10 Å². The van der Waals surface area contributed by atoms with Crippen molar-refractivity contribution in [3.05, 3.63) is 59.2 Å². The Bertz CT molecular complexity index is 770. The van der Waals surface area contributed by atoms with Crippen molar-refractivity contribution in [1.29, 1.82) is 0 Å². The molecular weight excluding hydrogens is 328 g/mol. The summed E-state index contributed by atoms with van der Waals surface area (Å²) in [5.41, 5.74) is 5.60. The molecule has 1 N–H and O–H groups in total. The number of nitrogens with zero attached hydrogens (tertiary/aromatic N) is 1. The fraction of sp³-hybridized carbons (Fsp3) is 0.333. The summed E-state index contributed by atoms with van der Waals surface area (Å²) in [6.07, 6.45) is 1.01. The maximum Gasteiger partial charge on any atom is 0.280 e. The van der Waals surface area contributed by atoms with E-state index in [0.717, 1.165) is 22.4 Å². The first-order valence-electron chi connectivity index (χ1n) is 8.65. The van der Waals surface area contributed by atoms with Crippen LogP contribution in [0.2, 0.25) is 0 Å². The molecule has 0 aliphatic heterocycles. The van der Waals surface area contributed by atoms with Gasteiger partial charge in [-0.3, -0.25) is 4.79 Å². The third kappa shape index (κ3) is 5.09. The summed E-state index contributed by atoms with van der Waals surface area (Å²) in [5, 5.41) is 4.08. The number of para-hydroxylation sites is 1. The molecule has 2 aromatic carbocycles. The molecule has 0 heterocycles. The fourth-order valence-electron chi connectivity index (χ4n) is 2.50. The number of hydrogen-bond donors (Lipinski definition) is 1. The molecule has 26 heavy (non-hydrogen) atoms. The summed E-state index contributed by atoms with van der Waals surface area (Å²) in [7, 11) is 1.67. The van der Waals surface area contributed by atoms with Crippen LogP contribution in [0.3, 0.4) is 0 Å². The predicted octanol–water partition coefficient (Wildman–Crippen LogP) is 4.04. The first-order chi connectivity index (χ1) is 12.4. The van der Waals surface area contributed by atoms with E-state index in [4.69, 9.17) is 9.47 Å². The molecular formula is C21H26N2O3. The lowest BCUT2D eigenvalue weighted by atomic mass is 9.97. The van der Waals surface area contributed by atoms with E-state index in [-0.39, 0.29) is 5.91 Å². The Balaban J connectivity index is 2.03. The highest BCUT2D eigenvalue weighted by molar-refractivity contribution is 5.85. The van der Waals surface area contributed by atoms with E-state index in [0.29, 0.717) is 11.7 Å². The van der Waals surface area contributed by atoms with E-state index in [1.165, 1.54) is 0 Å². The number of hydrogen-bond acceptors (Lipinski definition) is 4. The van der Waals surface area contributed by atoms with Crippen molar-refractivity contribution < 1.29 is 14.3 Å². The second kappa shape index (κ2) is 9.04. The SMILES string of the molecule is COc1cc(C)c(/C=N/NC(=O)[C@@H](C)Oc2ccccc2)cc1C(C)C. The zero-order valence-electron chi connectivity index (χ0n) is 15.9. The normalized spacial score (nSPS) is 12.2. The molecule has 138 valence electrons. The van der Waals surface area contributed by atoms with Gasteiger partial charge in [0.05, 0.1) is 13.3 Å². The van der Waals surface area contributed by atoms with Crippen molar-refractivity contribution in [3.8, 4) is 11.5 Å². The Morgan fingerprint density at radius 2 is 1.85 bits per heavy atom. The van der Waals surface area contributed by atoms with Gasteiger partial charge in [0, 0.05) is 0 Å². The van der Waals surface area contributed by atoms with Crippen molar-refractivity contribution >= 4 is 12.1 Å². The van der Waals surface area contributed by atoms with E-state index in [1.54, 1.807) is 32.4 Å². The molecule has 5 heteroatoms. The number of nitrogens with one attached hydrogen (secondary N) is 1. The molecule has 0 aliphatic rings. The zero-order valence-corrected chi connectivity index (χ0v) is 15.9. The number of methoxy groups -OCH3 is 1. The van der Waals surface area contributed by atoms with Crippen molar-refractivity contribution in [2.45, 2.75) is 39.7 Å². The van der Waals surface area contributed by atoms with Crippen LogP contribution in [0.1, 0.15) is 43.4 Å². The molecule has 0 unspecified atom stereocenters. The van der Waals surface area contributed by atoms with E-state index in [2.05, 4.69) is 24.4 Å². The number of hydrazone groups is 1. The second-order valence-corrected chi connectivity index (χ2v) is 6.41. The van der Waals surface area contributed by atoms with Crippen LogP contribution in [0, 0.1) is 6.92 Å².